The van der Waals surface area contributed by atoms with E-state index >= 15 is 0 Å². The fourth-order valence-corrected chi connectivity index (χ4v) is 4.49. The molecule has 15 heteroatoms. The Kier molecular flexibility index (Phi) is 6.07. The van der Waals surface area contributed by atoms with Crippen molar-refractivity contribution in [1.82, 2.24) is 25.2 Å². The summed E-state index contributed by atoms with van der Waals surface area (Å²) >= 11 is 1.92. The third-order valence-electron chi connectivity index (χ3n) is 4.34. The Morgan fingerprint density at radius 3 is 2.15 bits per heavy atom. The fourth-order valence-electron chi connectivity index (χ4n) is 2.77. The lowest BCUT2D eigenvalue weighted by Gasteiger charge is -2.13. The predicted octanol–water partition coefficient (Wildman–Crippen LogP) is 5.67. The number of nitrogens with zero attached hydrogens (tertiary/aromatic N) is 5. The van der Waals surface area contributed by atoms with E-state index in [1.165, 1.54) is 34.3 Å². The van der Waals surface area contributed by atoms with E-state index in [-0.39, 0.29) is 32.4 Å². The van der Waals surface area contributed by atoms with E-state index in [2.05, 4.69) is 20.5 Å². The Hall–Kier alpha value is -3.46. The van der Waals surface area contributed by atoms with Gasteiger partial charge >= 0.3 is 18.3 Å². The van der Waals surface area contributed by atoms with Crippen molar-refractivity contribution in [2.24, 2.45) is 0 Å². The molecular weight excluding hydrogens is 508 g/mol. The Labute approximate surface area is 194 Å². The highest BCUT2D eigenvalue weighted by atomic mass is 32.2. The summed E-state index contributed by atoms with van der Waals surface area (Å²) < 4.78 is 80.4. The Morgan fingerprint density at radius 2 is 1.59 bits per heavy atom. The van der Waals surface area contributed by atoms with Crippen molar-refractivity contribution >= 4 is 29.1 Å². The highest BCUT2D eigenvalue weighted by molar-refractivity contribution is 8.00. The second-order valence-electron chi connectivity index (χ2n) is 6.62. The van der Waals surface area contributed by atoms with E-state index in [0.717, 1.165) is 23.1 Å². The fraction of sp³-hybridized carbons (Fsp3) is 0.105. The number of benzene rings is 2. The van der Waals surface area contributed by atoms with Gasteiger partial charge in [-0.1, -0.05) is 0 Å². The molecule has 0 aliphatic rings. The standard InChI is InChI=1S/C19H9F6N5O2S2/c20-18(21,22)11-5-10(6-12(7-11)19(23,24)25)14-8-33-17(26-14)34-16-27-28-29-30(16)13-3-1-9(2-4-13)15(31)32/h1-8H,(H,31,32). The van der Waals surface area contributed by atoms with Gasteiger partial charge in [0.25, 0.3) is 0 Å². The predicted molar refractivity (Wildman–Crippen MR) is 108 cm³/mol. The molecule has 176 valence electrons. The number of carboxylic acids is 1. The van der Waals surface area contributed by atoms with Crippen LogP contribution in [0.2, 0.25) is 0 Å². The first kappa shape index (κ1) is 23.7. The first-order valence-corrected chi connectivity index (χ1v) is 10.7. The third kappa shape index (κ3) is 5.04. The van der Waals surface area contributed by atoms with Crippen LogP contribution in [-0.4, -0.2) is 36.3 Å². The minimum Gasteiger partial charge on any atom is -0.478 e. The number of carboxylic acid groups (broad SMARTS) is 1. The molecule has 2 aromatic carbocycles. The van der Waals surface area contributed by atoms with Gasteiger partial charge in [-0.05, 0) is 64.7 Å². The maximum absolute atomic E-state index is 13.1. The maximum Gasteiger partial charge on any atom is 0.416 e. The zero-order valence-electron chi connectivity index (χ0n) is 16.3. The zero-order chi connectivity index (χ0) is 24.7. The summed E-state index contributed by atoms with van der Waals surface area (Å²) in [4.78, 5) is 15.1. The number of tetrazole rings is 1. The van der Waals surface area contributed by atoms with Crippen LogP contribution in [0.3, 0.4) is 0 Å². The van der Waals surface area contributed by atoms with Crippen LogP contribution in [0.5, 0.6) is 0 Å². The van der Waals surface area contributed by atoms with Gasteiger partial charge in [0.05, 0.1) is 28.1 Å². The van der Waals surface area contributed by atoms with E-state index in [0.29, 0.717) is 17.8 Å². The third-order valence-corrected chi connectivity index (χ3v) is 6.22. The van der Waals surface area contributed by atoms with Crippen LogP contribution >= 0.6 is 23.1 Å². The lowest BCUT2D eigenvalue weighted by Crippen LogP contribution is -2.11. The van der Waals surface area contributed by atoms with Crippen LogP contribution in [0.15, 0.2) is 57.3 Å². The average Bonchev–Trinajstić information content (AvgIpc) is 3.42. The molecule has 2 aromatic heterocycles. The molecule has 7 nitrogen and oxygen atoms in total. The van der Waals surface area contributed by atoms with E-state index in [4.69, 9.17) is 5.11 Å². The normalized spacial score (nSPS) is 12.2. The van der Waals surface area contributed by atoms with Gasteiger partial charge in [-0.25, -0.2) is 9.78 Å². The molecular formula is C19H9F6N5O2S2. The van der Waals surface area contributed by atoms with Gasteiger partial charge in [0.2, 0.25) is 5.16 Å². The van der Waals surface area contributed by atoms with Gasteiger partial charge in [0, 0.05) is 10.9 Å². The summed E-state index contributed by atoms with van der Waals surface area (Å²) in [5.74, 6) is -1.11. The lowest BCUT2D eigenvalue weighted by molar-refractivity contribution is -0.143. The second-order valence-corrected chi connectivity index (χ2v) is 8.69. The van der Waals surface area contributed by atoms with Gasteiger partial charge in [0.1, 0.15) is 0 Å². The van der Waals surface area contributed by atoms with E-state index in [1.807, 2.05) is 0 Å². The number of hydrogen-bond acceptors (Lipinski definition) is 7. The molecule has 0 aliphatic heterocycles. The van der Waals surface area contributed by atoms with Crippen LogP contribution in [0.1, 0.15) is 21.5 Å². The van der Waals surface area contributed by atoms with Crippen molar-refractivity contribution in [2.45, 2.75) is 21.8 Å². The topological polar surface area (TPSA) is 93.8 Å². The molecule has 0 radical (unpaired) electrons. The molecule has 0 amide bonds. The van der Waals surface area contributed by atoms with Crippen molar-refractivity contribution < 1.29 is 36.2 Å². The summed E-state index contributed by atoms with van der Waals surface area (Å²) in [6, 6.07) is 6.90. The maximum atomic E-state index is 13.1. The molecule has 0 spiro atoms. The average molecular weight is 517 g/mol. The Morgan fingerprint density at radius 1 is 0.971 bits per heavy atom. The van der Waals surface area contributed by atoms with Gasteiger partial charge < -0.3 is 5.11 Å². The highest BCUT2D eigenvalue weighted by Crippen LogP contribution is 2.40. The monoisotopic (exact) mass is 517 g/mol. The van der Waals surface area contributed by atoms with Crippen LogP contribution in [0, 0.1) is 0 Å². The molecule has 0 saturated heterocycles. The minimum absolute atomic E-state index is 0.0508. The summed E-state index contributed by atoms with van der Waals surface area (Å²) in [6.07, 6.45) is -9.94. The number of hydrogen-bond donors (Lipinski definition) is 1. The number of carbonyl (C=O) groups is 1. The molecule has 0 saturated carbocycles. The number of halogens is 6. The molecule has 2 heterocycles. The molecule has 0 unspecified atom stereocenters. The van der Waals surface area contributed by atoms with Gasteiger partial charge in [-0.15, -0.1) is 16.4 Å². The first-order valence-electron chi connectivity index (χ1n) is 8.97. The van der Waals surface area contributed by atoms with Gasteiger partial charge in [-0.2, -0.15) is 31.0 Å². The number of thiazole rings is 1. The van der Waals surface area contributed by atoms with Crippen LogP contribution in [-0.2, 0) is 12.4 Å². The van der Waals surface area contributed by atoms with E-state index in [1.54, 1.807) is 0 Å². The number of aromatic nitrogens is 5. The van der Waals surface area contributed by atoms with E-state index < -0.39 is 29.4 Å². The SMILES string of the molecule is O=C(O)c1ccc(-n2nnnc2Sc2nc(-c3cc(C(F)(F)F)cc(C(F)(F)F)c3)cs2)cc1. The summed E-state index contributed by atoms with van der Waals surface area (Å²) in [5.41, 5.74) is -2.80. The Bertz CT molecular complexity index is 1320. The minimum atomic E-state index is -4.97. The molecule has 0 aliphatic carbocycles. The smallest absolute Gasteiger partial charge is 0.416 e. The van der Waals surface area contributed by atoms with E-state index in [9.17, 15) is 31.1 Å². The molecule has 0 atom stereocenters. The van der Waals surface area contributed by atoms with Crippen molar-refractivity contribution in [3.63, 3.8) is 0 Å². The zero-order valence-corrected chi connectivity index (χ0v) is 17.9. The number of aromatic carboxylic acids is 1. The van der Waals surface area contributed by atoms with Crippen LogP contribution in [0.25, 0.3) is 16.9 Å². The largest absolute Gasteiger partial charge is 0.478 e. The lowest BCUT2D eigenvalue weighted by atomic mass is 10.0. The second kappa shape index (κ2) is 8.72. The molecule has 34 heavy (non-hydrogen) atoms. The van der Waals surface area contributed by atoms with Crippen molar-refractivity contribution in [2.75, 3.05) is 0 Å². The summed E-state index contributed by atoms with van der Waals surface area (Å²) in [6.45, 7) is 0. The first-order chi connectivity index (χ1) is 15.9. The molecule has 4 rings (SSSR count). The van der Waals surface area contributed by atoms with Crippen LogP contribution < -0.4 is 0 Å². The quantitative estimate of drug-likeness (QED) is 0.341. The Balaban J connectivity index is 1.64. The molecule has 1 N–H and O–H groups in total. The number of rotatable bonds is 5. The van der Waals surface area contributed by atoms with Crippen molar-refractivity contribution in [3.8, 4) is 16.9 Å². The number of alkyl halides is 6. The molecule has 0 bridgehead atoms. The highest BCUT2D eigenvalue weighted by Gasteiger charge is 2.37. The molecule has 4 aromatic rings. The summed E-state index contributed by atoms with van der Waals surface area (Å²) in [5, 5.41) is 21.7. The summed E-state index contributed by atoms with van der Waals surface area (Å²) in [7, 11) is 0. The van der Waals surface area contributed by atoms with Gasteiger partial charge in [0.15, 0.2) is 4.34 Å². The van der Waals surface area contributed by atoms with Crippen molar-refractivity contribution in [1.29, 1.82) is 0 Å². The molecule has 0 fully saturated rings. The van der Waals surface area contributed by atoms with Crippen LogP contribution in [0.4, 0.5) is 26.3 Å². The van der Waals surface area contributed by atoms with Gasteiger partial charge in [-0.3, -0.25) is 0 Å². The van der Waals surface area contributed by atoms with Crippen molar-refractivity contribution in [3.05, 3.63) is 64.5 Å².